The van der Waals surface area contributed by atoms with Gasteiger partial charge >= 0.3 is 0 Å². The van der Waals surface area contributed by atoms with Crippen LogP contribution in [0.4, 0.5) is 0 Å². The summed E-state index contributed by atoms with van der Waals surface area (Å²) < 4.78 is 4.93. The van der Waals surface area contributed by atoms with E-state index >= 15 is 0 Å². The van der Waals surface area contributed by atoms with Crippen molar-refractivity contribution in [2.45, 2.75) is 103 Å². The molecule has 33 heavy (non-hydrogen) atoms. The maximum atomic E-state index is 2.52. The molecule has 1 heterocycles. The van der Waals surface area contributed by atoms with Crippen molar-refractivity contribution >= 4 is 0 Å². The van der Waals surface area contributed by atoms with Crippen molar-refractivity contribution in [3.05, 3.63) is 90.5 Å². The molecule has 0 aliphatic carbocycles. The Bertz CT molecular complexity index is 899. The van der Waals surface area contributed by atoms with Crippen molar-refractivity contribution in [2.75, 3.05) is 0 Å². The summed E-state index contributed by atoms with van der Waals surface area (Å²) in [6.07, 6.45) is 19.8. The molecule has 0 radical (unpaired) electrons. The Morgan fingerprint density at radius 1 is 0.788 bits per heavy atom. The molecular formula is C31H45N2+. The minimum atomic E-state index is 0.0226. The first-order valence-corrected chi connectivity index (χ1v) is 13.3. The molecule has 0 bridgehead atoms. The van der Waals surface area contributed by atoms with Crippen LogP contribution >= 0.6 is 0 Å². The standard InChI is InChI=1S/C31H45N2/c1-4-6-8-9-10-17-23-32-24-25-33(27-32)30(22-7-5-2)31(3,29-20-15-12-16-21-29)26-28-18-13-11-14-19-28/h11-16,18-21,24-25,27,30H,4-10,17,22-23,26H2,1-3H3/q+1. The van der Waals surface area contributed by atoms with E-state index in [1.165, 1.54) is 68.9 Å². The molecule has 0 N–H and O–H groups in total. The molecule has 0 saturated carbocycles. The number of imidazole rings is 1. The number of unbranched alkanes of at least 4 members (excludes halogenated alkanes) is 6. The summed E-state index contributed by atoms with van der Waals surface area (Å²) in [7, 11) is 0. The van der Waals surface area contributed by atoms with Crippen LogP contribution < -0.4 is 4.57 Å². The summed E-state index contributed by atoms with van der Waals surface area (Å²) in [6.45, 7) is 8.20. The van der Waals surface area contributed by atoms with Crippen LogP contribution in [0, 0.1) is 0 Å². The van der Waals surface area contributed by atoms with E-state index in [-0.39, 0.29) is 5.41 Å². The van der Waals surface area contributed by atoms with Gasteiger partial charge in [0.2, 0.25) is 6.33 Å². The summed E-state index contributed by atoms with van der Waals surface area (Å²) >= 11 is 0. The van der Waals surface area contributed by atoms with Gasteiger partial charge in [0.25, 0.3) is 0 Å². The van der Waals surface area contributed by atoms with Crippen LogP contribution in [0.3, 0.4) is 0 Å². The van der Waals surface area contributed by atoms with Crippen molar-refractivity contribution in [1.82, 2.24) is 4.57 Å². The first kappa shape index (κ1) is 25.3. The topological polar surface area (TPSA) is 8.81 Å². The molecule has 178 valence electrons. The first-order valence-electron chi connectivity index (χ1n) is 13.3. The molecule has 2 nitrogen and oxygen atoms in total. The molecule has 0 amide bonds. The Labute approximate surface area is 202 Å². The van der Waals surface area contributed by atoms with Gasteiger partial charge in [-0.25, -0.2) is 9.13 Å². The fourth-order valence-electron chi connectivity index (χ4n) is 5.25. The second-order valence-electron chi connectivity index (χ2n) is 9.97. The third-order valence-electron chi connectivity index (χ3n) is 7.26. The van der Waals surface area contributed by atoms with Crippen LogP contribution in [0.25, 0.3) is 0 Å². The van der Waals surface area contributed by atoms with Crippen molar-refractivity contribution in [3.63, 3.8) is 0 Å². The van der Waals surface area contributed by atoms with Crippen LogP contribution in [0.15, 0.2) is 79.4 Å². The molecule has 1 aromatic heterocycles. The summed E-state index contributed by atoms with van der Waals surface area (Å²) in [5.41, 5.74) is 2.87. The van der Waals surface area contributed by atoms with Gasteiger partial charge in [-0.3, -0.25) is 0 Å². The summed E-state index contributed by atoms with van der Waals surface area (Å²) in [5, 5.41) is 0. The van der Waals surface area contributed by atoms with Crippen LogP contribution in [0.5, 0.6) is 0 Å². The molecule has 3 rings (SSSR count). The molecule has 3 aromatic rings. The fraction of sp³-hybridized carbons (Fsp3) is 0.516. The minimum absolute atomic E-state index is 0.0226. The van der Waals surface area contributed by atoms with E-state index in [1.807, 2.05) is 0 Å². The molecule has 0 spiro atoms. The highest BCUT2D eigenvalue weighted by Gasteiger charge is 2.40. The van der Waals surface area contributed by atoms with Crippen LogP contribution in [0.2, 0.25) is 0 Å². The lowest BCUT2D eigenvalue weighted by Crippen LogP contribution is -2.38. The van der Waals surface area contributed by atoms with E-state index < -0.39 is 0 Å². The second kappa shape index (κ2) is 13.4. The third kappa shape index (κ3) is 7.32. The van der Waals surface area contributed by atoms with Gasteiger partial charge in [0, 0.05) is 5.41 Å². The smallest absolute Gasteiger partial charge is 0.237 e. The average molecular weight is 446 g/mol. The Morgan fingerprint density at radius 3 is 2.12 bits per heavy atom. The number of aryl methyl sites for hydroxylation is 1. The molecular weight excluding hydrogens is 400 g/mol. The Hall–Kier alpha value is -2.35. The highest BCUT2D eigenvalue weighted by Crippen LogP contribution is 2.41. The molecule has 0 fully saturated rings. The molecule has 0 aliphatic heterocycles. The molecule has 2 unspecified atom stereocenters. The predicted octanol–water partition coefficient (Wildman–Crippen LogP) is 8.07. The van der Waals surface area contributed by atoms with E-state index in [0.717, 1.165) is 13.0 Å². The van der Waals surface area contributed by atoms with Gasteiger partial charge in [0.05, 0.1) is 6.54 Å². The van der Waals surface area contributed by atoms with Gasteiger partial charge in [-0.2, -0.15) is 0 Å². The minimum Gasteiger partial charge on any atom is -0.237 e. The summed E-state index contributed by atoms with van der Waals surface area (Å²) in [4.78, 5) is 0. The van der Waals surface area contributed by atoms with Gasteiger partial charge in [0.1, 0.15) is 18.4 Å². The fourth-order valence-corrected chi connectivity index (χ4v) is 5.25. The molecule has 0 aliphatic rings. The van der Waals surface area contributed by atoms with Crippen molar-refractivity contribution in [1.29, 1.82) is 0 Å². The molecule has 2 heteroatoms. The van der Waals surface area contributed by atoms with Crippen molar-refractivity contribution in [2.24, 2.45) is 0 Å². The van der Waals surface area contributed by atoms with E-state index in [2.05, 4.69) is 109 Å². The van der Waals surface area contributed by atoms with Gasteiger partial charge in [0.15, 0.2) is 0 Å². The Balaban J connectivity index is 1.83. The van der Waals surface area contributed by atoms with E-state index in [9.17, 15) is 0 Å². The maximum absolute atomic E-state index is 2.52. The van der Waals surface area contributed by atoms with Gasteiger partial charge in [-0.1, -0.05) is 114 Å². The molecule has 0 saturated heterocycles. The first-order chi connectivity index (χ1) is 16.2. The maximum Gasteiger partial charge on any atom is 0.244 e. The quantitative estimate of drug-likeness (QED) is 0.165. The van der Waals surface area contributed by atoms with Gasteiger partial charge < -0.3 is 0 Å². The van der Waals surface area contributed by atoms with Crippen LogP contribution in [-0.2, 0) is 18.4 Å². The van der Waals surface area contributed by atoms with Gasteiger partial charge in [-0.05, 0) is 43.2 Å². The van der Waals surface area contributed by atoms with E-state index in [4.69, 9.17) is 0 Å². The number of rotatable bonds is 15. The van der Waals surface area contributed by atoms with E-state index in [0.29, 0.717) is 6.04 Å². The Kier molecular flexibility index (Phi) is 10.2. The predicted molar refractivity (Wildman–Crippen MR) is 141 cm³/mol. The van der Waals surface area contributed by atoms with Crippen LogP contribution in [-0.4, -0.2) is 4.57 Å². The number of aromatic nitrogens is 2. The zero-order valence-electron chi connectivity index (χ0n) is 21.3. The van der Waals surface area contributed by atoms with Gasteiger partial charge in [-0.15, -0.1) is 0 Å². The second-order valence-corrected chi connectivity index (χ2v) is 9.97. The highest BCUT2D eigenvalue weighted by atomic mass is 15.1. The molecule has 2 aromatic carbocycles. The van der Waals surface area contributed by atoms with Crippen molar-refractivity contribution < 1.29 is 4.57 Å². The number of hydrogen-bond acceptors (Lipinski definition) is 0. The van der Waals surface area contributed by atoms with Crippen LogP contribution in [0.1, 0.15) is 95.7 Å². The Morgan fingerprint density at radius 2 is 1.42 bits per heavy atom. The average Bonchev–Trinajstić information content (AvgIpc) is 3.31. The highest BCUT2D eigenvalue weighted by molar-refractivity contribution is 5.30. The SMILES string of the molecule is CCCCCCCC[n+]1ccn(C(CCCC)C(C)(Cc2ccccc2)c2ccccc2)c1. The lowest BCUT2D eigenvalue weighted by atomic mass is 9.70. The number of hydrogen-bond donors (Lipinski definition) is 0. The number of benzene rings is 2. The summed E-state index contributed by atoms with van der Waals surface area (Å²) in [5.74, 6) is 0. The lowest BCUT2D eigenvalue weighted by molar-refractivity contribution is -0.697. The number of nitrogens with zero attached hydrogens (tertiary/aromatic N) is 2. The summed E-state index contributed by atoms with van der Waals surface area (Å²) in [6, 6.07) is 22.6. The van der Waals surface area contributed by atoms with E-state index in [1.54, 1.807) is 0 Å². The zero-order chi connectivity index (χ0) is 23.4. The lowest BCUT2D eigenvalue weighted by Gasteiger charge is -2.36. The van der Waals surface area contributed by atoms with Crippen molar-refractivity contribution in [3.8, 4) is 0 Å². The third-order valence-corrected chi connectivity index (χ3v) is 7.26. The monoisotopic (exact) mass is 445 g/mol. The normalized spacial score (nSPS) is 14.2. The largest absolute Gasteiger partial charge is 0.244 e. The zero-order valence-corrected chi connectivity index (χ0v) is 21.3. The molecule has 2 atom stereocenters.